The third-order valence-electron chi connectivity index (χ3n) is 2.23. The Labute approximate surface area is 87.8 Å². The van der Waals surface area contributed by atoms with E-state index in [1.807, 2.05) is 6.92 Å². The summed E-state index contributed by atoms with van der Waals surface area (Å²) in [7, 11) is 0. The minimum atomic E-state index is -1.16. The fraction of sp³-hybridized carbons (Fsp3) is 0.364. The highest BCUT2D eigenvalue weighted by molar-refractivity contribution is 5.89. The highest BCUT2D eigenvalue weighted by Gasteiger charge is 2.12. The number of carboxylic acid groups (broad SMARTS) is 1. The van der Waals surface area contributed by atoms with Crippen LogP contribution in [0.15, 0.2) is 12.1 Å². The summed E-state index contributed by atoms with van der Waals surface area (Å²) in [5.41, 5.74) is 0.312. The Morgan fingerprint density at radius 2 is 1.80 bits per heavy atom. The van der Waals surface area contributed by atoms with E-state index in [1.54, 1.807) is 0 Å². The van der Waals surface area contributed by atoms with Gasteiger partial charge in [-0.1, -0.05) is 13.3 Å². The summed E-state index contributed by atoms with van der Waals surface area (Å²) < 4.78 is 0. The summed E-state index contributed by atoms with van der Waals surface area (Å²) >= 11 is 0. The molecule has 0 bridgehead atoms. The topological polar surface area (TPSA) is 77.8 Å². The van der Waals surface area contributed by atoms with Gasteiger partial charge in [-0.2, -0.15) is 0 Å². The molecule has 82 valence electrons. The molecule has 0 unspecified atom stereocenters. The summed E-state index contributed by atoms with van der Waals surface area (Å²) in [6.07, 6.45) is 2.33. The van der Waals surface area contributed by atoms with Crippen molar-refractivity contribution in [3.8, 4) is 11.5 Å². The quantitative estimate of drug-likeness (QED) is 0.711. The summed E-state index contributed by atoms with van der Waals surface area (Å²) in [5.74, 6) is -1.47. The van der Waals surface area contributed by atoms with Crippen LogP contribution in [0.2, 0.25) is 0 Å². The Morgan fingerprint density at radius 3 is 2.20 bits per heavy atom. The number of hydrogen-bond donors (Lipinski definition) is 3. The molecule has 0 saturated heterocycles. The first kappa shape index (κ1) is 11.4. The predicted molar refractivity (Wildman–Crippen MR) is 55.3 cm³/mol. The zero-order chi connectivity index (χ0) is 11.4. The molecule has 3 N–H and O–H groups in total. The molecule has 15 heavy (non-hydrogen) atoms. The van der Waals surface area contributed by atoms with Crippen LogP contribution < -0.4 is 0 Å². The Kier molecular flexibility index (Phi) is 3.55. The first-order valence-electron chi connectivity index (χ1n) is 4.84. The number of carbonyl (C=O) groups is 1. The van der Waals surface area contributed by atoms with Gasteiger partial charge in [-0.05, 0) is 25.0 Å². The molecule has 0 aromatic heterocycles. The molecular weight excluding hydrogens is 196 g/mol. The average molecular weight is 210 g/mol. The van der Waals surface area contributed by atoms with E-state index in [-0.39, 0.29) is 17.1 Å². The first-order chi connectivity index (χ1) is 7.06. The van der Waals surface area contributed by atoms with Crippen LogP contribution in [0, 0.1) is 0 Å². The van der Waals surface area contributed by atoms with Gasteiger partial charge in [-0.3, -0.25) is 0 Å². The summed E-state index contributed by atoms with van der Waals surface area (Å²) in [6, 6.07) is 2.32. The number of phenols is 2. The van der Waals surface area contributed by atoms with Crippen LogP contribution in [0.1, 0.15) is 35.7 Å². The molecule has 0 atom stereocenters. The molecule has 0 fully saturated rings. The van der Waals surface area contributed by atoms with Crippen molar-refractivity contribution in [3.05, 3.63) is 23.3 Å². The second-order valence-corrected chi connectivity index (χ2v) is 3.40. The van der Waals surface area contributed by atoms with Crippen molar-refractivity contribution in [2.45, 2.75) is 26.2 Å². The van der Waals surface area contributed by atoms with Gasteiger partial charge in [0, 0.05) is 5.56 Å². The van der Waals surface area contributed by atoms with E-state index >= 15 is 0 Å². The van der Waals surface area contributed by atoms with Crippen LogP contribution in [0.25, 0.3) is 0 Å². The van der Waals surface area contributed by atoms with Crippen molar-refractivity contribution in [1.29, 1.82) is 0 Å². The van der Waals surface area contributed by atoms with E-state index in [1.165, 1.54) is 0 Å². The lowest BCUT2D eigenvalue weighted by Crippen LogP contribution is -1.97. The van der Waals surface area contributed by atoms with Gasteiger partial charge in [0.25, 0.3) is 0 Å². The fourth-order valence-corrected chi connectivity index (χ4v) is 1.37. The fourth-order valence-electron chi connectivity index (χ4n) is 1.37. The van der Waals surface area contributed by atoms with Crippen molar-refractivity contribution >= 4 is 5.97 Å². The zero-order valence-corrected chi connectivity index (χ0v) is 8.53. The van der Waals surface area contributed by atoms with E-state index in [0.717, 1.165) is 25.0 Å². The van der Waals surface area contributed by atoms with Crippen molar-refractivity contribution in [2.24, 2.45) is 0 Å². The van der Waals surface area contributed by atoms with E-state index in [2.05, 4.69) is 0 Å². The van der Waals surface area contributed by atoms with Crippen molar-refractivity contribution in [1.82, 2.24) is 0 Å². The Morgan fingerprint density at radius 1 is 1.27 bits per heavy atom. The molecular formula is C11H14O4. The van der Waals surface area contributed by atoms with Crippen LogP contribution >= 0.6 is 0 Å². The molecule has 1 rings (SSSR count). The summed E-state index contributed by atoms with van der Waals surface area (Å²) in [6.45, 7) is 2.00. The maximum absolute atomic E-state index is 10.6. The predicted octanol–water partition coefficient (Wildman–Crippen LogP) is 2.14. The molecule has 0 aliphatic rings. The maximum atomic E-state index is 10.6. The van der Waals surface area contributed by atoms with E-state index in [0.29, 0.717) is 12.0 Å². The number of aromatic hydroxyl groups is 2. The molecule has 0 heterocycles. The number of rotatable bonds is 4. The van der Waals surface area contributed by atoms with Crippen LogP contribution in [0.3, 0.4) is 0 Å². The average Bonchev–Trinajstić information content (AvgIpc) is 2.16. The number of phenolic OH excluding ortho intramolecular Hbond substituents is 2. The van der Waals surface area contributed by atoms with Crippen molar-refractivity contribution in [2.75, 3.05) is 0 Å². The van der Waals surface area contributed by atoms with Gasteiger partial charge in [0.15, 0.2) is 0 Å². The molecule has 1 aromatic carbocycles. The molecule has 1 aromatic rings. The second-order valence-electron chi connectivity index (χ2n) is 3.40. The smallest absolute Gasteiger partial charge is 0.335 e. The second kappa shape index (κ2) is 4.68. The number of benzene rings is 1. The minimum absolute atomic E-state index is 0.106. The third-order valence-corrected chi connectivity index (χ3v) is 2.23. The summed E-state index contributed by atoms with van der Waals surface area (Å²) in [4.78, 5) is 10.6. The highest BCUT2D eigenvalue weighted by atomic mass is 16.4. The molecule has 0 spiro atoms. The minimum Gasteiger partial charge on any atom is -0.508 e. The zero-order valence-electron chi connectivity index (χ0n) is 8.53. The van der Waals surface area contributed by atoms with Gasteiger partial charge in [0.2, 0.25) is 0 Å². The first-order valence-corrected chi connectivity index (χ1v) is 4.84. The Balaban J connectivity index is 3.04. The number of aromatic carboxylic acids is 1. The molecule has 4 heteroatoms. The lowest BCUT2D eigenvalue weighted by atomic mass is 10.0. The van der Waals surface area contributed by atoms with E-state index in [4.69, 9.17) is 5.11 Å². The number of carboxylic acids is 1. The number of unbranched alkanes of at least 4 members (excludes halogenated alkanes) is 1. The highest BCUT2D eigenvalue weighted by Crippen LogP contribution is 2.30. The van der Waals surface area contributed by atoms with Gasteiger partial charge in [-0.15, -0.1) is 0 Å². The van der Waals surface area contributed by atoms with Crippen molar-refractivity contribution < 1.29 is 20.1 Å². The Hall–Kier alpha value is -1.71. The molecule has 4 nitrogen and oxygen atoms in total. The lowest BCUT2D eigenvalue weighted by molar-refractivity contribution is 0.0696. The molecule has 0 aliphatic heterocycles. The Bertz CT molecular complexity index is 348. The van der Waals surface area contributed by atoms with Gasteiger partial charge in [0.1, 0.15) is 11.5 Å². The van der Waals surface area contributed by atoms with Crippen LogP contribution in [0.4, 0.5) is 0 Å². The molecule has 0 amide bonds. The van der Waals surface area contributed by atoms with E-state index in [9.17, 15) is 15.0 Å². The number of hydrogen-bond acceptors (Lipinski definition) is 3. The van der Waals surface area contributed by atoms with Gasteiger partial charge < -0.3 is 15.3 Å². The van der Waals surface area contributed by atoms with Crippen LogP contribution in [0.5, 0.6) is 11.5 Å². The van der Waals surface area contributed by atoms with Gasteiger partial charge in [0.05, 0.1) is 5.56 Å². The SMILES string of the molecule is CCCCc1c(O)cc(C(=O)O)cc1O. The van der Waals surface area contributed by atoms with E-state index < -0.39 is 5.97 Å². The lowest BCUT2D eigenvalue weighted by Gasteiger charge is -2.07. The molecule has 0 aliphatic carbocycles. The molecule has 0 saturated carbocycles. The van der Waals surface area contributed by atoms with Gasteiger partial charge in [-0.25, -0.2) is 4.79 Å². The monoisotopic (exact) mass is 210 g/mol. The van der Waals surface area contributed by atoms with Crippen molar-refractivity contribution in [3.63, 3.8) is 0 Å². The van der Waals surface area contributed by atoms with Gasteiger partial charge >= 0.3 is 5.97 Å². The largest absolute Gasteiger partial charge is 0.508 e. The third kappa shape index (κ3) is 2.62. The molecule has 0 radical (unpaired) electrons. The normalized spacial score (nSPS) is 10.2. The summed E-state index contributed by atoms with van der Waals surface area (Å²) in [5, 5.41) is 27.7. The van der Waals surface area contributed by atoms with Crippen LogP contribution in [-0.4, -0.2) is 21.3 Å². The maximum Gasteiger partial charge on any atom is 0.335 e. The van der Waals surface area contributed by atoms with Crippen LogP contribution in [-0.2, 0) is 6.42 Å². The standard InChI is InChI=1S/C11H14O4/c1-2-3-4-8-9(12)5-7(11(14)15)6-10(8)13/h5-6,12-13H,2-4H2,1H3,(H,14,15).